The predicted molar refractivity (Wildman–Crippen MR) is 71.6 cm³/mol. The molecule has 0 bridgehead atoms. The molecule has 17 heavy (non-hydrogen) atoms. The third-order valence-electron chi connectivity index (χ3n) is 3.01. The fraction of sp³-hybridized carbons (Fsp3) is 0.200. The molecule has 0 aliphatic rings. The van der Waals surface area contributed by atoms with Gasteiger partial charge in [0.1, 0.15) is 5.75 Å². The number of hydrogen-bond acceptors (Lipinski definition) is 2. The van der Waals surface area contributed by atoms with Gasteiger partial charge < -0.3 is 10.5 Å². The Morgan fingerprint density at radius 2 is 1.53 bits per heavy atom. The molecule has 0 spiro atoms. The summed E-state index contributed by atoms with van der Waals surface area (Å²) in [5.41, 5.74) is 10.0. The summed E-state index contributed by atoms with van der Waals surface area (Å²) in [5.74, 6) is 1.62. The molecule has 0 saturated carbocycles. The number of nitrogen functional groups attached to an aromatic ring is 1. The van der Waals surface area contributed by atoms with Crippen molar-refractivity contribution in [2.24, 2.45) is 0 Å². The third-order valence-corrected chi connectivity index (χ3v) is 3.01. The Morgan fingerprint density at radius 1 is 0.882 bits per heavy atom. The largest absolute Gasteiger partial charge is 0.455 e. The number of nitrogens with two attached hydrogens (primary N) is 1. The van der Waals surface area contributed by atoms with Crippen molar-refractivity contribution in [3.63, 3.8) is 0 Å². The fourth-order valence-corrected chi connectivity index (χ4v) is 1.76. The average Bonchev–Trinajstić information content (AvgIpc) is 2.29. The Balaban J connectivity index is 2.42. The van der Waals surface area contributed by atoms with Gasteiger partial charge in [-0.1, -0.05) is 24.3 Å². The summed E-state index contributed by atoms with van der Waals surface area (Å²) in [6.07, 6.45) is 0. The van der Waals surface area contributed by atoms with Crippen LogP contribution in [0.2, 0.25) is 0 Å². The molecule has 0 aliphatic carbocycles. The maximum absolute atomic E-state index is 5.93. The molecule has 0 aliphatic heterocycles. The molecule has 0 aromatic heterocycles. The Bertz CT molecular complexity index is 526. The van der Waals surface area contributed by atoms with E-state index in [1.165, 1.54) is 5.56 Å². The number of para-hydroxylation sites is 1. The highest BCUT2D eigenvalue weighted by molar-refractivity contribution is 5.58. The lowest BCUT2D eigenvalue weighted by Crippen LogP contribution is -1.96. The molecule has 0 fully saturated rings. The second kappa shape index (κ2) is 4.50. The molecular weight excluding hydrogens is 210 g/mol. The van der Waals surface area contributed by atoms with E-state index >= 15 is 0 Å². The molecule has 88 valence electrons. The minimum atomic E-state index is 0.672. The number of anilines is 1. The third kappa shape index (κ3) is 2.26. The average molecular weight is 227 g/mol. The van der Waals surface area contributed by atoms with Crippen LogP contribution >= 0.6 is 0 Å². The van der Waals surface area contributed by atoms with Crippen molar-refractivity contribution in [1.82, 2.24) is 0 Å². The van der Waals surface area contributed by atoms with E-state index < -0.39 is 0 Å². The first-order valence-corrected chi connectivity index (χ1v) is 5.68. The van der Waals surface area contributed by atoms with Crippen LogP contribution < -0.4 is 10.5 Å². The zero-order valence-electron chi connectivity index (χ0n) is 10.4. The summed E-state index contributed by atoms with van der Waals surface area (Å²) in [7, 11) is 0. The lowest BCUT2D eigenvalue weighted by atomic mass is 10.1. The summed E-state index contributed by atoms with van der Waals surface area (Å²) < 4.78 is 5.93. The van der Waals surface area contributed by atoms with E-state index in [0.29, 0.717) is 5.69 Å². The summed E-state index contributed by atoms with van der Waals surface area (Å²) in [5, 5.41) is 0. The van der Waals surface area contributed by atoms with Gasteiger partial charge in [0, 0.05) is 0 Å². The van der Waals surface area contributed by atoms with Gasteiger partial charge in [-0.15, -0.1) is 0 Å². The van der Waals surface area contributed by atoms with Gasteiger partial charge in [-0.2, -0.15) is 0 Å². The molecule has 2 aromatic carbocycles. The van der Waals surface area contributed by atoms with Crippen molar-refractivity contribution in [2.45, 2.75) is 20.8 Å². The zero-order valence-corrected chi connectivity index (χ0v) is 10.4. The quantitative estimate of drug-likeness (QED) is 0.787. The summed E-state index contributed by atoms with van der Waals surface area (Å²) >= 11 is 0. The van der Waals surface area contributed by atoms with E-state index in [1.54, 1.807) is 0 Å². The smallest absolute Gasteiger partial charge is 0.153 e. The summed E-state index contributed by atoms with van der Waals surface area (Å²) in [6, 6.07) is 11.8. The van der Waals surface area contributed by atoms with Crippen molar-refractivity contribution < 1.29 is 4.74 Å². The maximum atomic E-state index is 5.93. The van der Waals surface area contributed by atoms with Crippen LogP contribution in [0.1, 0.15) is 16.7 Å². The van der Waals surface area contributed by atoms with Gasteiger partial charge in [0.25, 0.3) is 0 Å². The Kier molecular flexibility index (Phi) is 3.05. The van der Waals surface area contributed by atoms with Crippen LogP contribution in [0.25, 0.3) is 0 Å². The van der Waals surface area contributed by atoms with Crippen LogP contribution in [0.5, 0.6) is 11.5 Å². The van der Waals surface area contributed by atoms with Crippen LogP contribution in [-0.4, -0.2) is 0 Å². The minimum absolute atomic E-state index is 0.672. The second-order valence-corrected chi connectivity index (χ2v) is 4.29. The van der Waals surface area contributed by atoms with Gasteiger partial charge in [0.15, 0.2) is 5.75 Å². The van der Waals surface area contributed by atoms with E-state index in [0.717, 1.165) is 22.6 Å². The molecule has 0 unspecified atom stereocenters. The monoisotopic (exact) mass is 227 g/mol. The topological polar surface area (TPSA) is 35.2 Å². The van der Waals surface area contributed by atoms with Crippen LogP contribution in [0.15, 0.2) is 36.4 Å². The van der Waals surface area contributed by atoms with Crippen LogP contribution in [0.3, 0.4) is 0 Å². The van der Waals surface area contributed by atoms with Crippen LogP contribution in [0.4, 0.5) is 5.69 Å². The van der Waals surface area contributed by atoms with Crippen molar-refractivity contribution in [1.29, 1.82) is 0 Å². The van der Waals surface area contributed by atoms with E-state index in [9.17, 15) is 0 Å². The summed E-state index contributed by atoms with van der Waals surface area (Å²) in [6.45, 7) is 6.12. The van der Waals surface area contributed by atoms with E-state index in [2.05, 4.69) is 19.9 Å². The van der Waals surface area contributed by atoms with Gasteiger partial charge in [-0.25, -0.2) is 0 Å². The van der Waals surface area contributed by atoms with Crippen LogP contribution in [0, 0.1) is 20.8 Å². The molecule has 2 aromatic rings. The molecular formula is C15H17NO. The van der Waals surface area contributed by atoms with E-state index in [4.69, 9.17) is 10.5 Å². The van der Waals surface area contributed by atoms with E-state index in [1.807, 2.05) is 37.3 Å². The first-order chi connectivity index (χ1) is 8.09. The highest BCUT2D eigenvalue weighted by atomic mass is 16.5. The Morgan fingerprint density at radius 3 is 2.24 bits per heavy atom. The molecule has 2 N–H and O–H groups in total. The second-order valence-electron chi connectivity index (χ2n) is 4.29. The van der Waals surface area contributed by atoms with Crippen LogP contribution in [-0.2, 0) is 0 Å². The highest BCUT2D eigenvalue weighted by Gasteiger charge is 2.08. The first kappa shape index (κ1) is 11.5. The number of aryl methyl sites for hydroxylation is 2. The minimum Gasteiger partial charge on any atom is -0.455 e. The van der Waals surface area contributed by atoms with Gasteiger partial charge in [-0.05, 0) is 49.6 Å². The van der Waals surface area contributed by atoms with Gasteiger partial charge >= 0.3 is 0 Å². The highest BCUT2D eigenvalue weighted by Crippen LogP contribution is 2.33. The number of benzene rings is 2. The molecule has 0 radical (unpaired) electrons. The summed E-state index contributed by atoms with van der Waals surface area (Å²) in [4.78, 5) is 0. The number of rotatable bonds is 2. The molecule has 2 heteroatoms. The van der Waals surface area contributed by atoms with Crippen molar-refractivity contribution >= 4 is 5.69 Å². The van der Waals surface area contributed by atoms with Gasteiger partial charge in [0.2, 0.25) is 0 Å². The van der Waals surface area contributed by atoms with Crippen molar-refractivity contribution in [3.05, 3.63) is 53.1 Å². The number of ether oxygens (including phenoxy) is 1. The van der Waals surface area contributed by atoms with Gasteiger partial charge in [-0.3, -0.25) is 0 Å². The Hall–Kier alpha value is -1.96. The molecule has 0 heterocycles. The van der Waals surface area contributed by atoms with Crippen molar-refractivity contribution in [3.8, 4) is 11.5 Å². The predicted octanol–water partition coefficient (Wildman–Crippen LogP) is 3.99. The van der Waals surface area contributed by atoms with E-state index in [-0.39, 0.29) is 0 Å². The standard InChI is InChI=1S/C15H17NO/c1-10-6-5-9-14(12(10)3)17-15-11(2)7-4-8-13(15)16/h4-9H,16H2,1-3H3. The molecule has 0 saturated heterocycles. The Labute approximate surface area is 102 Å². The lowest BCUT2D eigenvalue weighted by molar-refractivity contribution is 0.477. The first-order valence-electron chi connectivity index (χ1n) is 5.68. The fourth-order valence-electron chi connectivity index (χ4n) is 1.76. The maximum Gasteiger partial charge on any atom is 0.153 e. The SMILES string of the molecule is Cc1cccc(Oc2c(C)cccc2N)c1C. The zero-order chi connectivity index (χ0) is 12.4. The molecule has 0 atom stereocenters. The molecule has 0 amide bonds. The molecule has 2 nitrogen and oxygen atoms in total. The van der Waals surface area contributed by atoms with Crippen molar-refractivity contribution in [2.75, 3.05) is 5.73 Å². The lowest BCUT2D eigenvalue weighted by Gasteiger charge is -2.14. The number of hydrogen-bond donors (Lipinski definition) is 1. The molecule has 2 rings (SSSR count). The normalized spacial score (nSPS) is 10.3. The van der Waals surface area contributed by atoms with Gasteiger partial charge in [0.05, 0.1) is 5.69 Å².